The van der Waals surface area contributed by atoms with Gasteiger partial charge < -0.3 is 14.2 Å². The molecule has 2 aliphatic heterocycles. The van der Waals surface area contributed by atoms with E-state index in [4.69, 9.17) is 25.8 Å². The highest BCUT2D eigenvalue weighted by Gasteiger charge is 2.35. The Morgan fingerprint density at radius 1 is 1.33 bits per heavy atom. The lowest BCUT2D eigenvalue weighted by Gasteiger charge is -2.29. The first-order chi connectivity index (χ1) is 13.1. The summed E-state index contributed by atoms with van der Waals surface area (Å²) in [6, 6.07) is 9.28. The first-order valence-corrected chi connectivity index (χ1v) is 9.15. The molecule has 0 unspecified atom stereocenters. The van der Waals surface area contributed by atoms with Gasteiger partial charge in [0.25, 0.3) is 0 Å². The van der Waals surface area contributed by atoms with Crippen LogP contribution in [-0.2, 0) is 11.3 Å². The second-order valence-corrected chi connectivity index (χ2v) is 7.06. The SMILES string of the molecule is COCCN1COc2cc(C)c3c(c2C1)O/C(=C\c1ccccc1Cl)C3=O. The molecule has 2 heterocycles. The number of hydrogen-bond acceptors (Lipinski definition) is 5. The average molecular weight is 386 g/mol. The standard InChI is InChI=1S/C21H20ClNO4/c1-13-9-17-15(11-23(12-26-17)7-8-25-2)21-19(13)20(24)18(27-21)10-14-5-3-4-6-16(14)22/h3-6,9-10H,7-8,11-12H2,1-2H3/b18-10-. The van der Waals surface area contributed by atoms with Crippen LogP contribution in [0.3, 0.4) is 0 Å². The number of hydrogen-bond donors (Lipinski definition) is 0. The molecule has 0 bridgehead atoms. The van der Waals surface area contributed by atoms with Gasteiger partial charge in [-0.15, -0.1) is 0 Å². The van der Waals surface area contributed by atoms with Crippen LogP contribution in [0.25, 0.3) is 6.08 Å². The Morgan fingerprint density at radius 3 is 2.93 bits per heavy atom. The maximum Gasteiger partial charge on any atom is 0.232 e. The number of rotatable bonds is 4. The molecule has 0 aliphatic carbocycles. The van der Waals surface area contributed by atoms with Crippen LogP contribution >= 0.6 is 11.6 Å². The fourth-order valence-electron chi connectivity index (χ4n) is 3.37. The van der Waals surface area contributed by atoms with Gasteiger partial charge in [0.2, 0.25) is 5.78 Å². The van der Waals surface area contributed by atoms with Gasteiger partial charge in [0.15, 0.2) is 5.76 Å². The Bertz CT molecular complexity index is 938. The number of carbonyl (C=O) groups excluding carboxylic acids is 1. The maximum absolute atomic E-state index is 13.0. The molecule has 6 heteroatoms. The Balaban J connectivity index is 1.71. The van der Waals surface area contributed by atoms with E-state index < -0.39 is 0 Å². The number of ketones is 1. The van der Waals surface area contributed by atoms with Crippen molar-refractivity contribution in [2.75, 3.05) is 27.0 Å². The van der Waals surface area contributed by atoms with E-state index in [0.29, 0.717) is 36.2 Å². The van der Waals surface area contributed by atoms with Gasteiger partial charge in [-0.25, -0.2) is 0 Å². The van der Waals surface area contributed by atoms with E-state index in [9.17, 15) is 4.79 Å². The average Bonchev–Trinajstić information content (AvgIpc) is 2.99. The van der Waals surface area contributed by atoms with E-state index in [0.717, 1.165) is 29.0 Å². The number of ether oxygens (including phenoxy) is 3. The number of allylic oxidation sites excluding steroid dienone is 1. The predicted octanol–water partition coefficient (Wildman–Crippen LogP) is 4.06. The molecule has 4 rings (SSSR count). The van der Waals surface area contributed by atoms with E-state index >= 15 is 0 Å². The number of nitrogens with zero attached hydrogens (tertiary/aromatic N) is 1. The van der Waals surface area contributed by atoms with Crippen molar-refractivity contribution < 1.29 is 19.0 Å². The van der Waals surface area contributed by atoms with Crippen LogP contribution in [0.2, 0.25) is 5.02 Å². The van der Waals surface area contributed by atoms with Crippen molar-refractivity contribution in [3.05, 3.63) is 63.4 Å². The van der Waals surface area contributed by atoms with Crippen LogP contribution in [0.5, 0.6) is 11.5 Å². The van der Waals surface area contributed by atoms with E-state index in [-0.39, 0.29) is 11.5 Å². The highest BCUT2D eigenvalue weighted by molar-refractivity contribution is 6.32. The fourth-order valence-corrected chi connectivity index (χ4v) is 3.56. The zero-order valence-corrected chi connectivity index (χ0v) is 16.0. The van der Waals surface area contributed by atoms with E-state index in [1.54, 1.807) is 19.3 Å². The fraction of sp³-hybridized carbons (Fsp3) is 0.286. The van der Waals surface area contributed by atoms with Gasteiger partial charge in [-0.1, -0.05) is 29.8 Å². The topological polar surface area (TPSA) is 48.0 Å². The summed E-state index contributed by atoms with van der Waals surface area (Å²) in [5, 5.41) is 0.574. The predicted molar refractivity (Wildman–Crippen MR) is 103 cm³/mol. The van der Waals surface area contributed by atoms with Crippen molar-refractivity contribution in [3.8, 4) is 11.5 Å². The van der Waals surface area contributed by atoms with Crippen LogP contribution in [0, 0.1) is 6.92 Å². The van der Waals surface area contributed by atoms with Gasteiger partial charge >= 0.3 is 0 Å². The molecule has 0 saturated heterocycles. The summed E-state index contributed by atoms with van der Waals surface area (Å²) >= 11 is 6.23. The molecule has 0 atom stereocenters. The summed E-state index contributed by atoms with van der Waals surface area (Å²) < 4.78 is 17.1. The molecule has 5 nitrogen and oxygen atoms in total. The summed E-state index contributed by atoms with van der Waals surface area (Å²) in [6.45, 7) is 4.40. The molecule has 0 radical (unpaired) electrons. The molecule has 0 fully saturated rings. The second kappa shape index (κ2) is 7.35. The largest absolute Gasteiger partial charge is 0.478 e. The first-order valence-electron chi connectivity index (χ1n) is 8.78. The Hall–Kier alpha value is -2.34. The number of carbonyl (C=O) groups is 1. The minimum absolute atomic E-state index is 0.126. The highest BCUT2D eigenvalue weighted by Crippen LogP contribution is 2.44. The number of halogens is 1. The maximum atomic E-state index is 13.0. The van der Waals surface area contributed by atoms with Crippen molar-refractivity contribution >= 4 is 23.5 Å². The normalized spacial score (nSPS) is 17.4. The molecule has 2 aromatic rings. The van der Waals surface area contributed by atoms with Gasteiger partial charge in [-0.2, -0.15) is 0 Å². The molecular formula is C21H20ClNO4. The number of fused-ring (bicyclic) bond motifs is 3. The molecule has 0 saturated carbocycles. The van der Waals surface area contributed by atoms with Crippen LogP contribution in [0.15, 0.2) is 36.1 Å². The molecule has 0 aromatic heterocycles. The molecule has 140 valence electrons. The number of methoxy groups -OCH3 is 1. The lowest BCUT2D eigenvalue weighted by atomic mass is 9.98. The van der Waals surface area contributed by atoms with E-state index in [1.807, 2.05) is 31.2 Å². The molecule has 0 amide bonds. The lowest BCUT2D eigenvalue weighted by molar-refractivity contribution is 0.0646. The number of Topliss-reactive ketones (excluding diaryl/α,β-unsaturated/α-hetero) is 1. The third-order valence-electron chi connectivity index (χ3n) is 4.79. The molecular weight excluding hydrogens is 366 g/mol. The van der Waals surface area contributed by atoms with Gasteiger partial charge in [0.1, 0.15) is 18.2 Å². The molecule has 27 heavy (non-hydrogen) atoms. The van der Waals surface area contributed by atoms with Crippen LogP contribution in [0.4, 0.5) is 0 Å². The summed E-state index contributed by atoms with van der Waals surface area (Å²) in [7, 11) is 1.67. The van der Waals surface area contributed by atoms with E-state index in [2.05, 4.69) is 4.90 Å². The first kappa shape index (κ1) is 18.0. The molecule has 0 spiro atoms. The Kier molecular flexibility index (Phi) is 4.91. The Morgan fingerprint density at radius 2 is 2.15 bits per heavy atom. The lowest BCUT2D eigenvalue weighted by Crippen LogP contribution is -2.34. The minimum atomic E-state index is -0.126. The summed E-state index contributed by atoms with van der Waals surface area (Å²) in [4.78, 5) is 15.1. The summed E-state index contributed by atoms with van der Waals surface area (Å²) in [5.41, 5.74) is 3.10. The van der Waals surface area contributed by atoms with Gasteiger partial charge in [0, 0.05) is 25.2 Å². The van der Waals surface area contributed by atoms with Crippen LogP contribution < -0.4 is 9.47 Å². The monoisotopic (exact) mass is 385 g/mol. The third kappa shape index (κ3) is 3.34. The number of benzene rings is 2. The quantitative estimate of drug-likeness (QED) is 0.743. The summed E-state index contributed by atoms with van der Waals surface area (Å²) in [6.07, 6.45) is 1.70. The highest BCUT2D eigenvalue weighted by atomic mass is 35.5. The second-order valence-electron chi connectivity index (χ2n) is 6.65. The van der Waals surface area contributed by atoms with Crippen molar-refractivity contribution in [1.82, 2.24) is 4.90 Å². The van der Waals surface area contributed by atoms with Crippen molar-refractivity contribution in [2.45, 2.75) is 13.5 Å². The third-order valence-corrected chi connectivity index (χ3v) is 5.14. The van der Waals surface area contributed by atoms with E-state index in [1.165, 1.54) is 0 Å². The van der Waals surface area contributed by atoms with Crippen LogP contribution in [-0.4, -0.2) is 37.7 Å². The summed E-state index contributed by atoms with van der Waals surface area (Å²) in [5.74, 6) is 1.52. The number of aryl methyl sites for hydroxylation is 1. The minimum Gasteiger partial charge on any atom is -0.478 e. The van der Waals surface area contributed by atoms with Crippen LogP contribution in [0.1, 0.15) is 27.0 Å². The smallest absolute Gasteiger partial charge is 0.232 e. The van der Waals surface area contributed by atoms with Crippen molar-refractivity contribution in [1.29, 1.82) is 0 Å². The zero-order chi connectivity index (χ0) is 19.0. The van der Waals surface area contributed by atoms with Crippen molar-refractivity contribution in [3.63, 3.8) is 0 Å². The van der Waals surface area contributed by atoms with Gasteiger partial charge in [-0.3, -0.25) is 9.69 Å². The molecule has 0 N–H and O–H groups in total. The van der Waals surface area contributed by atoms with Crippen molar-refractivity contribution in [2.24, 2.45) is 0 Å². The zero-order valence-electron chi connectivity index (χ0n) is 15.3. The molecule has 2 aromatic carbocycles. The van der Waals surface area contributed by atoms with Gasteiger partial charge in [-0.05, 0) is 36.3 Å². The Labute approximate surface area is 163 Å². The van der Waals surface area contributed by atoms with Gasteiger partial charge in [0.05, 0.1) is 17.7 Å². The molecule has 2 aliphatic rings.